The number of nitrogens with one attached hydrogen (secondary N) is 1. The van der Waals surface area contributed by atoms with Gasteiger partial charge in [-0.1, -0.05) is 12.1 Å². The van der Waals surface area contributed by atoms with Gasteiger partial charge in [0.05, 0.1) is 18.4 Å². The highest BCUT2D eigenvalue weighted by atomic mass is 19.4. The lowest BCUT2D eigenvalue weighted by atomic mass is 10.1. The van der Waals surface area contributed by atoms with Crippen LogP contribution >= 0.6 is 0 Å². The van der Waals surface area contributed by atoms with Crippen LogP contribution in [0.15, 0.2) is 71.3 Å². The Morgan fingerprint density at radius 1 is 1.08 bits per heavy atom. The maximum Gasteiger partial charge on any atom is 0.416 e. The lowest BCUT2D eigenvalue weighted by Crippen LogP contribution is -2.26. The third kappa shape index (κ3) is 5.25. The number of pyridine rings is 1. The summed E-state index contributed by atoms with van der Waals surface area (Å²) >= 11 is 0. The minimum Gasteiger partial charge on any atom is -0.497 e. The Labute approximate surface area is 210 Å². The van der Waals surface area contributed by atoms with Crippen molar-refractivity contribution in [3.05, 3.63) is 83.9 Å². The number of alkyl halides is 3. The molecule has 0 spiro atoms. The number of benzene rings is 2. The second kappa shape index (κ2) is 9.92. The number of carbonyl (C=O) groups excluding carboxylic acids is 1. The maximum absolute atomic E-state index is 13.1. The van der Waals surface area contributed by atoms with Gasteiger partial charge in [0.1, 0.15) is 11.7 Å². The molecule has 1 fully saturated rings. The van der Waals surface area contributed by atoms with Gasteiger partial charge in [0.15, 0.2) is 5.69 Å². The van der Waals surface area contributed by atoms with Gasteiger partial charge in [-0.25, -0.2) is 4.98 Å². The molecule has 0 saturated carbocycles. The Balaban J connectivity index is 1.30. The van der Waals surface area contributed by atoms with E-state index in [2.05, 4.69) is 20.5 Å². The number of halogens is 3. The predicted octanol–water partition coefficient (Wildman–Crippen LogP) is 5.42. The fraction of sp³-hybridized carbons (Fsp3) is 0.231. The van der Waals surface area contributed by atoms with Crippen LogP contribution in [-0.4, -0.2) is 39.6 Å². The minimum atomic E-state index is -4.42. The Kier molecular flexibility index (Phi) is 6.51. The number of amides is 1. The number of carbonyl (C=O) groups is 1. The fourth-order valence-electron chi connectivity index (χ4n) is 4.12. The van der Waals surface area contributed by atoms with Crippen molar-refractivity contribution in [1.29, 1.82) is 0 Å². The second-order valence-electron chi connectivity index (χ2n) is 8.49. The molecule has 37 heavy (non-hydrogen) atoms. The van der Waals surface area contributed by atoms with E-state index in [9.17, 15) is 18.0 Å². The summed E-state index contributed by atoms with van der Waals surface area (Å²) in [6, 6.07) is 15.5. The Morgan fingerprint density at radius 2 is 1.84 bits per heavy atom. The van der Waals surface area contributed by atoms with Crippen molar-refractivity contribution in [2.75, 3.05) is 19.0 Å². The average molecular weight is 509 g/mol. The molecule has 4 aromatic rings. The van der Waals surface area contributed by atoms with Crippen molar-refractivity contribution < 1.29 is 27.1 Å². The van der Waals surface area contributed by atoms with Crippen molar-refractivity contribution in [3.8, 4) is 17.3 Å². The lowest BCUT2D eigenvalue weighted by molar-refractivity contribution is -0.137. The van der Waals surface area contributed by atoms with E-state index in [0.717, 1.165) is 23.4 Å². The summed E-state index contributed by atoms with van der Waals surface area (Å²) in [7, 11) is 1.60. The van der Waals surface area contributed by atoms with E-state index >= 15 is 0 Å². The predicted molar refractivity (Wildman–Crippen MR) is 128 cm³/mol. The summed E-state index contributed by atoms with van der Waals surface area (Å²) in [4.78, 5) is 19.1. The van der Waals surface area contributed by atoms with E-state index in [-0.39, 0.29) is 17.7 Å². The van der Waals surface area contributed by atoms with Crippen LogP contribution < -0.4 is 10.1 Å². The Bertz CT molecular complexity index is 1390. The Morgan fingerprint density at radius 3 is 2.54 bits per heavy atom. The minimum absolute atomic E-state index is 0.102. The highest BCUT2D eigenvalue weighted by Gasteiger charge is 2.37. The normalized spacial score (nSPS) is 15.7. The highest BCUT2D eigenvalue weighted by Crippen LogP contribution is 2.34. The molecule has 0 radical (unpaired) electrons. The zero-order valence-corrected chi connectivity index (χ0v) is 19.7. The summed E-state index contributed by atoms with van der Waals surface area (Å²) in [5.74, 6) is 0.383. The third-order valence-corrected chi connectivity index (χ3v) is 6.07. The van der Waals surface area contributed by atoms with Crippen molar-refractivity contribution in [3.63, 3.8) is 0 Å². The van der Waals surface area contributed by atoms with Crippen LogP contribution in [0.1, 0.15) is 29.4 Å². The molecular weight excluding hydrogens is 487 g/mol. The molecule has 190 valence electrons. The van der Waals surface area contributed by atoms with E-state index in [1.54, 1.807) is 24.1 Å². The van der Waals surface area contributed by atoms with Gasteiger partial charge < -0.3 is 19.4 Å². The molecule has 1 unspecified atom stereocenters. The molecule has 2 aromatic heterocycles. The molecule has 0 bridgehead atoms. The molecule has 1 atom stereocenters. The number of rotatable bonds is 7. The number of hydrogen-bond donors (Lipinski definition) is 1. The van der Waals surface area contributed by atoms with E-state index in [1.807, 2.05) is 24.3 Å². The number of hydrogen-bond acceptors (Lipinski definition) is 7. The number of likely N-dealkylation sites (tertiary alicyclic amines) is 1. The SMILES string of the molecule is COc1ccc(CN2CCC(c3nnc(-c4ncccc4Nc4ccc(C(F)(F)F)cc4)o3)C2=O)cc1. The Hall–Kier alpha value is -4.41. The van der Waals surface area contributed by atoms with Crippen LogP contribution in [0.3, 0.4) is 0 Å². The van der Waals surface area contributed by atoms with Gasteiger partial charge in [-0.05, 0) is 60.5 Å². The van der Waals surface area contributed by atoms with Crippen LogP contribution in [0.5, 0.6) is 5.75 Å². The van der Waals surface area contributed by atoms with Gasteiger partial charge in [0.2, 0.25) is 11.8 Å². The molecule has 1 aliphatic rings. The molecular formula is C26H22F3N5O3. The second-order valence-corrected chi connectivity index (χ2v) is 8.49. The molecule has 3 heterocycles. The zero-order valence-electron chi connectivity index (χ0n) is 19.7. The molecule has 0 aliphatic carbocycles. The van der Waals surface area contributed by atoms with Gasteiger partial charge in [-0.3, -0.25) is 4.79 Å². The first-order valence-electron chi connectivity index (χ1n) is 11.5. The number of anilines is 2. The van der Waals surface area contributed by atoms with E-state index < -0.39 is 17.7 Å². The third-order valence-electron chi connectivity index (χ3n) is 6.07. The molecule has 5 rings (SSSR count). The van der Waals surface area contributed by atoms with Gasteiger partial charge in [0.25, 0.3) is 5.89 Å². The topological polar surface area (TPSA) is 93.4 Å². The lowest BCUT2D eigenvalue weighted by Gasteiger charge is -2.16. The van der Waals surface area contributed by atoms with Gasteiger partial charge in [0, 0.05) is 25.0 Å². The van der Waals surface area contributed by atoms with Crippen LogP contribution in [0.25, 0.3) is 11.6 Å². The first-order chi connectivity index (χ1) is 17.8. The van der Waals surface area contributed by atoms with Crippen molar-refractivity contribution >= 4 is 17.3 Å². The smallest absolute Gasteiger partial charge is 0.416 e. The zero-order chi connectivity index (χ0) is 26.0. The van der Waals surface area contributed by atoms with Gasteiger partial charge >= 0.3 is 6.18 Å². The summed E-state index contributed by atoms with van der Waals surface area (Å²) in [6.07, 6.45) is -2.34. The van der Waals surface area contributed by atoms with Crippen molar-refractivity contribution in [2.24, 2.45) is 0 Å². The molecule has 1 N–H and O–H groups in total. The number of aromatic nitrogens is 3. The molecule has 8 nitrogen and oxygen atoms in total. The first-order valence-corrected chi connectivity index (χ1v) is 11.5. The first kappa shape index (κ1) is 24.3. The maximum atomic E-state index is 13.1. The molecule has 11 heteroatoms. The van der Waals surface area contributed by atoms with Crippen molar-refractivity contribution in [1.82, 2.24) is 20.1 Å². The fourth-order valence-corrected chi connectivity index (χ4v) is 4.12. The summed E-state index contributed by atoms with van der Waals surface area (Å²) in [5.41, 5.74) is 1.46. The number of ether oxygens (including phenoxy) is 1. The van der Waals surface area contributed by atoms with Gasteiger partial charge in [-0.2, -0.15) is 13.2 Å². The van der Waals surface area contributed by atoms with Crippen LogP contribution in [0, 0.1) is 0 Å². The molecule has 2 aromatic carbocycles. The van der Waals surface area contributed by atoms with Crippen LogP contribution in [-0.2, 0) is 17.5 Å². The van der Waals surface area contributed by atoms with Crippen molar-refractivity contribution in [2.45, 2.75) is 25.1 Å². The van der Waals surface area contributed by atoms with Crippen LogP contribution in [0.2, 0.25) is 0 Å². The molecule has 1 saturated heterocycles. The molecule has 1 amide bonds. The number of nitrogens with zero attached hydrogens (tertiary/aromatic N) is 4. The summed E-state index contributed by atoms with van der Waals surface area (Å²) in [5, 5.41) is 11.2. The van der Waals surface area contributed by atoms with Crippen LogP contribution in [0.4, 0.5) is 24.5 Å². The summed E-state index contributed by atoms with van der Waals surface area (Å²) < 4.78 is 49.6. The largest absolute Gasteiger partial charge is 0.497 e. The summed E-state index contributed by atoms with van der Waals surface area (Å²) in [6.45, 7) is 1.01. The van der Waals surface area contributed by atoms with E-state index in [1.165, 1.54) is 18.3 Å². The quantitative estimate of drug-likeness (QED) is 0.356. The number of methoxy groups -OCH3 is 1. The molecule has 1 aliphatic heterocycles. The highest BCUT2D eigenvalue weighted by molar-refractivity contribution is 5.85. The monoisotopic (exact) mass is 509 g/mol. The van der Waals surface area contributed by atoms with E-state index in [4.69, 9.17) is 9.15 Å². The average Bonchev–Trinajstić information content (AvgIpc) is 3.52. The van der Waals surface area contributed by atoms with E-state index in [0.29, 0.717) is 36.6 Å². The van der Waals surface area contributed by atoms with Gasteiger partial charge in [-0.15, -0.1) is 10.2 Å². The standard InChI is InChI=1S/C26H22F3N5O3/c1-36-19-10-4-16(5-11-19)15-34-14-12-20(25(34)35)23-32-33-24(37-23)22-21(3-2-13-30-22)31-18-8-6-17(7-9-18)26(27,28)29/h2-11,13,20,31H,12,14-15H2,1H3.